The highest BCUT2D eigenvalue weighted by molar-refractivity contribution is 7.81. The van der Waals surface area contributed by atoms with Crippen LogP contribution in [0.1, 0.15) is 60.7 Å². The maximum atomic E-state index is 13.7. The predicted molar refractivity (Wildman–Crippen MR) is 144 cm³/mol. The molecule has 2 heterocycles. The van der Waals surface area contributed by atoms with Gasteiger partial charge in [0.2, 0.25) is 11.4 Å². The molecule has 0 bridgehead atoms. The molecule has 0 aliphatic carbocycles. The molecule has 2 aromatic rings. The zero-order valence-electron chi connectivity index (χ0n) is 21.5. The number of rotatable bonds is 12. The van der Waals surface area contributed by atoms with Gasteiger partial charge in [-0.25, -0.2) is 9.78 Å². The van der Waals surface area contributed by atoms with Gasteiger partial charge in [0, 0.05) is 12.7 Å². The number of carboxylic acids is 1. The number of carboxylic acid groups (broad SMARTS) is 1. The van der Waals surface area contributed by atoms with Crippen molar-refractivity contribution in [3.8, 4) is 0 Å². The van der Waals surface area contributed by atoms with Crippen molar-refractivity contribution in [2.45, 2.75) is 56.9 Å². The molecule has 0 spiro atoms. The number of carbonyl (C=O) groups is 5. The molecule has 0 saturated heterocycles. The topological polar surface area (TPSA) is 151 Å². The van der Waals surface area contributed by atoms with Crippen LogP contribution in [0.5, 0.6) is 0 Å². The van der Waals surface area contributed by atoms with Crippen molar-refractivity contribution < 1.29 is 29.1 Å². The number of benzene rings is 1. The monoisotopic (exact) mass is 540 g/mol. The Morgan fingerprint density at radius 1 is 1.08 bits per heavy atom. The Labute approximate surface area is 226 Å². The van der Waals surface area contributed by atoms with Crippen LogP contribution >= 0.6 is 12.6 Å². The van der Waals surface area contributed by atoms with Gasteiger partial charge in [-0.3, -0.25) is 29.0 Å². The second-order valence-electron chi connectivity index (χ2n) is 9.80. The third kappa shape index (κ3) is 5.63. The van der Waals surface area contributed by atoms with Crippen molar-refractivity contribution in [2.24, 2.45) is 11.7 Å². The number of Topliss-reactive ketones (excluding diaryl/α,β-unsaturated/α-hetero) is 1. The number of carbonyl (C=O) groups excluding carboxylic acids is 4. The normalized spacial score (nSPS) is 16.1. The molecule has 3 amide bonds. The maximum Gasteiger partial charge on any atom is 0.337 e. The molecule has 3 atom stereocenters. The Balaban J connectivity index is 1.82. The number of ketones is 1. The number of hydrogen-bond acceptors (Lipinski definition) is 8. The van der Waals surface area contributed by atoms with Gasteiger partial charge in [0.05, 0.1) is 22.4 Å². The first-order valence-electron chi connectivity index (χ1n) is 12.3. The van der Waals surface area contributed by atoms with E-state index in [1.807, 2.05) is 13.8 Å². The summed E-state index contributed by atoms with van der Waals surface area (Å²) in [5.74, 6) is -3.98. The number of nitrogens with two attached hydrogens (primary N) is 1. The van der Waals surface area contributed by atoms with Gasteiger partial charge in [-0.05, 0) is 56.4 Å². The summed E-state index contributed by atoms with van der Waals surface area (Å²) in [7, 11) is 0. The maximum absolute atomic E-state index is 13.7. The van der Waals surface area contributed by atoms with Crippen LogP contribution in [0.25, 0.3) is 0 Å². The summed E-state index contributed by atoms with van der Waals surface area (Å²) in [6.45, 7) is 4.90. The molecule has 3 N–H and O–H groups in total. The van der Waals surface area contributed by atoms with Crippen molar-refractivity contribution >= 4 is 47.9 Å². The Morgan fingerprint density at radius 2 is 1.66 bits per heavy atom. The fourth-order valence-electron chi connectivity index (χ4n) is 4.49. The molecule has 1 aromatic carbocycles. The lowest BCUT2D eigenvalue weighted by atomic mass is 9.85. The van der Waals surface area contributed by atoms with Crippen molar-refractivity contribution in [3.05, 3.63) is 59.8 Å². The zero-order valence-corrected chi connectivity index (χ0v) is 22.4. The highest BCUT2D eigenvalue weighted by atomic mass is 32.1. The molecule has 10 nitrogen and oxygen atoms in total. The van der Waals surface area contributed by atoms with Crippen molar-refractivity contribution in [3.63, 3.8) is 0 Å². The molecule has 0 radical (unpaired) electrons. The summed E-state index contributed by atoms with van der Waals surface area (Å²) in [5.41, 5.74) is 4.39. The number of pyridine rings is 1. The van der Waals surface area contributed by atoms with Crippen LogP contribution in [-0.4, -0.2) is 67.8 Å². The predicted octanol–water partition coefficient (Wildman–Crippen LogP) is 2.58. The van der Waals surface area contributed by atoms with Gasteiger partial charge >= 0.3 is 5.97 Å². The number of amides is 3. The van der Waals surface area contributed by atoms with Gasteiger partial charge in [-0.1, -0.05) is 32.0 Å². The summed E-state index contributed by atoms with van der Waals surface area (Å²) in [5, 5.41) is 9.15. The first-order chi connectivity index (χ1) is 17.9. The van der Waals surface area contributed by atoms with E-state index in [2.05, 4.69) is 17.6 Å². The van der Waals surface area contributed by atoms with E-state index in [0.717, 1.165) is 16.7 Å². The molecule has 3 rings (SSSR count). The molecule has 1 aliphatic rings. The third-order valence-electron chi connectivity index (χ3n) is 6.53. The molecular formula is C27H32N4O6S. The van der Waals surface area contributed by atoms with Gasteiger partial charge in [0.15, 0.2) is 5.78 Å². The quantitative estimate of drug-likeness (QED) is 0.211. The smallest absolute Gasteiger partial charge is 0.337 e. The Bertz CT molecular complexity index is 1200. The van der Waals surface area contributed by atoms with E-state index in [-0.39, 0.29) is 37.5 Å². The Hall–Kier alpha value is -3.57. The highest BCUT2D eigenvalue weighted by Crippen LogP contribution is 2.29. The van der Waals surface area contributed by atoms with Crippen LogP contribution in [0.4, 0.5) is 5.82 Å². The minimum Gasteiger partial charge on any atom is -0.479 e. The zero-order chi connectivity index (χ0) is 28.2. The fraction of sp³-hybridized carbons (Fsp3) is 0.407. The molecule has 1 aliphatic heterocycles. The lowest BCUT2D eigenvalue weighted by Crippen LogP contribution is -2.65. The number of anilines is 1. The van der Waals surface area contributed by atoms with E-state index in [4.69, 9.17) is 5.73 Å². The van der Waals surface area contributed by atoms with Crippen molar-refractivity contribution in [2.75, 3.05) is 11.4 Å². The molecule has 38 heavy (non-hydrogen) atoms. The summed E-state index contributed by atoms with van der Waals surface area (Å²) < 4.78 is 0. The molecular weight excluding hydrogens is 508 g/mol. The van der Waals surface area contributed by atoms with E-state index in [9.17, 15) is 29.1 Å². The Morgan fingerprint density at radius 3 is 2.16 bits per heavy atom. The van der Waals surface area contributed by atoms with E-state index < -0.39 is 46.3 Å². The Kier molecular flexibility index (Phi) is 9.05. The summed E-state index contributed by atoms with van der Waals surface area (Å²) in [4.78, 5) is 71.0. The van der Waals surface area contributed by atoms with Gasteiger partial charge < -0.3 is 10.8 Å². The summed E-state index contributed by atoms with van der Waals surface area (Å²) in [6, 6.07) is 9.99. The van der Waals surface area contributed by atoms with E-state index in [0.29, 0.717) is 11.1 Å². The van der Waals surface area contributed by atoms with Gasteiger partial charge in [-0.15, -0.1) is 0 Å². The van der Waals surface area contributed by atoms with Crippen LogP contribution < -0.4 is 10.6 Å². The minimum absolute atomic E-state index is 0.0192. The highest BCUT2D eigenvalue weighted by Gasteiger charge is 2.52. The lowest BCUT2D eigenvalue weighted by molar-refractivity contribution is -0.150. The average Bonchev–Trinajstić information content (AvgIpc) is 3.13. The van der Waals surface area contributed by atoms with Crippen LogP contribution in [-0.2, 0) is 14.4 Å². The molecule has 11 heteroatoms. The summed E-state index contributed by atoms with van der Waals surface area (Å²) in [6.07, 6.45) is 1.94. The van der Waals surface area contributed by atoms with E-state index in [1.165, 1.54) is 12.3 Å². The lowest BCUT2D eigenvalue weighted by Gasteiger charge is -2.38. The second-order valence-corrected chi connectivity index (χ2v) is 10.4. The number of hydrogen-bond donors (Lipinski definition) is 3. The third-order valence-corrected chi connectivity index (χ3v) is 7.01. The standard InChI is InChI=1S/C27H32N4O6S/c1-16(2)15-19(28)22(32)27(3,26(36)37)31(21-12-6-7-13-29-21)25(35)20(38)11-8-14-30-23(33)17-9-4-5-10-18(17)24(30)34/h4-7,9-10,12-13,16,19-20,38H,8,11,14-15,28H2,1-3H3,(H,36,37). The summed E-state index contributed by atoms with van der Waals surface area (Å²) >= 11 is 4.42. The number of thiol groups is 1. The fourth-order valence-corrected chi connectivity index (χ4v) is 4.79. The first-order valence-corrected chi connectivity index (χ1v) is 12.8. The largest absolute Gasteiger partial charge is 0.479 e. The molecule has 0 fully saturated rings. The average molecular weight is 541 g/mol. The van der Waals surface area contributed by atoms with Crippen molar-refractivity contribution in [1.82, 2.24) is 9.88 Å². The number of fused-ring (bicyclic) bond motifs is 1. The van der Waals surface area contributed by atoms with Crippen LogP contribution in [0, 0.1) is 5.92 Å². The molecule has 1 aromatic heterocycles. The molecule has 3 unspecified atom stereocenters. The minimum atomic E-state index is -2.34. The van der Waals surface area contributed by atoms with Crippen molar-refractivity contribution in [1.29, 1.82) is 0 Å². The number of imide groups is 1. The van der Waals surface area contributed by atoms with Crippen LogP contribution in [0.2, 0.25) is 0 Å². The first kappa shape index (κ1) is 29.0. The number of aliphatic carboxylic acids is 1. The van der Waals surface area contributed by atoms with Gasteiger partial charge in [-0.2, -0.15) is 12.6 Å². The van der Waals surface area contributed by atoms with Crippen LogP contribution in [0.15, 0.2) is 48.7 Å². The van der Waals surface area contributed by atoms with E-state index >= 15 is 0 Å². The number of aromatic nitrogens is 1. The van der Waals surface area contributed by atoms with E-state index in [1.54, 1.807) is 36.4 Å². The molecule has 202 valence electrons. The van der Waals surface area contributed by atoms with Gasteiger partial charge in [0.1, 0.15) is 5.82 Å². The molecule has 0 saturated carbocycles. The SMILES string of the molecule is CC(C)CC(N)C(=O)C(C)(C(=O)O)N(C(=O)C(S)CCCN1C(=O)c2ccccc2C1=O)c1ccccn1. The van der Waals surface area contributed by atoms with Gasteiger partial charge in [0.25, 0.3) is 11.8 Å². The van der Waals surface area contributed by atoms with Crippen LogP contribution in [0.3, 0.4) is 0 Å². The second kappa shape index (κ2) is 11.9. The number of nitrogens with zero attached hydrogens (tertiary/aromatic N) is 3.